The maximum Gasteiger partial charge on any atom is 0.183 e. The van der Waals surface area contributed by atoms with Gasteiger partial charge in [0.15, 0.2) is 5.78 Å². The van der Waals surface area contributed by atoms with Crippen LogP contribution in [0.25, 0.3) is 0 Å². The van der Waals surface area contributed by atoms with Gasteiger partial charge in [-0.05, 0) is 23.3 Å². The summed E-state index contributed by atoms with van der Waals surface area (Å²) in [5.74, 6) is 1.21. The predicted molar refractivity (Wildman–Crippen MR) is 107 cm³/mol. The lowest BCUT2D eigenvalue weighted by Gasteiger charge is -2.32. The fourth-order valence-electron chi connectivity index (χ4n) is 3.06. The van der Waals surface area contributed by atoms with E-state index in [1.54, 1.807) is 29.6 Å². The van der Waals surface area contributed by atoms with E-state index in [-0.39, 0.29) is 34.6 Å². The second-order valence-electron chi connectivity index (χ2n) is 8.73. The van der Waals surface area contributed by atoms with E-state index in [2.05, 4.69) is 0 Å². The molecule has 138 valence electrons. The second kappa shape index (κ2) is 7.83. The smallest absolute Gasteiger partial charge is 0.183 e. The van der Waals surface area contributed by atoms with E-state index in [9.17, 15) is 14.4 Å². The van der Waals surface area contributed by atoms with Crippen molar-refractivity contribution < 1.29 is 14.4 Å². The van der Waals surface area contributed by atoms with Gasteiger partial charge in [-0.15, -0.1) is 23.5 Å². The van der Waals surface area contributed by atoms with Crippen LogP contribution in [0.3, 0.4) is 0 Å². The first-order chi connectivity index (χ1) is 11.5. The summed E-state index contributed by atoms with van der Waals surface area (Å²) in [5.41, 5.74) is 0.312. The lowest BCUT2D eigenvalue weighted by molar-refractivity contribution is -0.139. The number of hydrogen-bond donors (Lipinski definition) is 0. The minimum atomic E-state index is -0.649. The average Bonchev–Trinajstić information content (AvgIpc) is 2.96. The Hall–Kier alpha value is -0.810. The van der Waals surface area contributed by atoms with Crippen molar-refractivity contribution in [2.24, 2.45) is 16.7 Å². The van der Waals surface area contributed by atoms with Gasteiger partial charge in [0.05, 0.1) is 5.92 Å². The quantitative estimate of drug-likeness (QED) is 0.517. The summed E-state index contributed by atoms with van der Waals surface area (Å²) < 4.78 is 0.994. The van der Waals surface area contributed by atoms with E-state index < -0.39 is 5.92 Å². The molecule has 1 saturated heterocycles. The molecule has 0 unspecified atom stereocenters. The van der Waals surface area contributed by atoms with Crippen LogP contribution < -0.4 is 0 Å². The van der Waals surface area contributed by atoms with Crippen molar-refractivity contribution in [1.82, 2.24) is 0 Å². The van der Waals surface area contributed by atoms with Gasteiger partial charge >= 0.3 is 0 Å². The monoisotopic (exact) mass is 380 g/mol. The molecule has 2 fully saturated rings. The highest BCUT2D eigenvalue weighted by Gasteiger charge is 2.40. The van der Waals surface area contributed by atoms with Crippen LogP contribution in [0.1, 0.15) is 53.9 Å². The normalized spacial score (nSPS) is 22.0. The van der Waals surface area contributed by atoms with Gasteiger partial charge < -0.3 is 0 Å². The molecule has 0 aromatic rings. The van der Waals surface area contributed by atoms with Crippen LogP contribution >= 0.6 is 23.5 Å². The second-order valence-corrected chi connectivity index (χ2v) is 11.2. The van der Waals surface area contributed by atoms with Crippen LogP contribution in [-0.4, -0.2) is 28.9 Å². The van der Waals surface area contributed by atoms with E-state index in [1.165, 1.54) is 0 Å². The summed E-state index contributed by atoms with van der Waals surface area (Å²) in [4.78, 5) is 37.8. The maximum atomic E-state index is 12.8. The molecule has 0 aromatic heterocycles. The van der Waals surface area contributed by atoms with Crippen molar-refractivity contribution in [1.29, 1.82) is 0 Å². The van der Waals surface area contributed by atoms with Crippen molar-refractivity contribution in [3.8, 4) is 0 Å². The van der Waals surface area contributed by atoms with Gasteiger partial charge in [-0.25, -0.2) is 0 Å². The first-order valence-corrected chi connectivity index (χ1v) is 10.7. The standard InChI is InChI=1S/C20H28O3S2/c1-19(2,3)7-6-15(21)14(18-24-8-9-25-18)10-13-16(22)11-20(4,5)12-17(13)23/h6-7,13H,8-12H2,1-5H3/b7-6+. The third kappa shape index (κ3) is 5.85. The number of thioether (sulfide) groups is 2. The van der Waals surface area contributed by atoms with Gasteiger partial charge in [-0.1, -0.05) is 40.7 Å². The first kappa shape index (κ1) is 20.5. The Morgan fingerprint density at radius 1 is 1.12 bits per heavy atom. The number of allylic oxidation sites excluding steroid dienone is 3. The van der Waals surface area contributed by atoms with Crippen LogP contribution in [0.15, 0.2) is 22.0 Å². The summed E-state index contributed by atoms with van der Waals surface area (Å²) in [6, 6.07) is 0. The van der Waals surface area contributed by atoms with E-state index >= 15 is 0 Å². The number of carbonyl (C=O) groups is 3. The summed E-state index contributed by atoms with van der Waals surface area (Å²) in [5, 5.41) is 0. The Morgan fingerprint density at radius 2 is 1.64 bits per heavy atom. The average molecular weight is 381 g/mol. The molecule has 25 heavy (non-hydrogen) atoms. The molecule has 5 heteroatoms. The lowest BCUT2D eigenvalue weighted by Crippen LogP contribution is -2.38. The Balaban J connectivity index is 2.25. The molecule has 2 rings (SSSR count). The Morgan fingerprint density at radius 3 is 2.12 bits per heavy atom. The molecule has 1 aliphatic heterocycles. The van der Waals surface area contributed by atoms with Crippen LogP contribution in [0.4, 0.5) is 0 Å². The van der Waals surface area contributed by atoms with E-state index in [1.807, 2.05) is 40.7 Å². The molecule has 1 saturated carbocycles. The molecule has 0 bridgehead atoms. The van der Waals surface area contributed by atoms with Gasteiger partial charge in [0.25, 0.3) is 0 Å². The van der Waals surface area contributed by atoms with E-state index in [0.29, 0.717) is 18.4 Å². The molecule has 2 aliphatic rings. The van der Waals surface area contributed by atoms with Crippen molar-refractivity contribution in [3.63, 3.8) is 0 Å². The third-order valence-electron chi connectivity index (χ3n) is 4.32. The van der Waals surface area contributed by atoms with Crippen molar-refractivity contribution in [3.05, 3.63) is 22.0 Å². The fourth-order valence-corrected chi connectivity index (χ4v) is 5.65. The first-order valence-electron chi connectivity index (χ1n) is 8.76. The molecule has 0 radical (unpaired) electrons. The number of hydrogen-bond acceptors (Lipinski definition) is 5. The number of Topliss-reactive ketones (excluding diaryl/α,β-unsaturated/α-hetero) is 2. The van der Waals surface area contributed by atoms with Gasteiger partial charge in [-0.2, -0.15) is 0 Å². The highest BCUT2D eigenvalue weighted by atomic mass is 32.2. The van der Waals surface area contributed by atoms with Gasteiger partial charge in [0, 0.05) is 34.2 Å². The Labute approximate surface area is 159 Å². The minimum absolute atomic E-state index is 0.0139. The maximum absolute atomic E-state index is 12.8. The summed E-state index contributed by atoms with van der Waals surface area (Å²) >= 11 is 3.34. The van der Waals surface area contributed by atoms with Crippen LogP contribution in [0.2, 0.25) is 0 Å². The highest BCUT2D eigenvalue weighted by molar-refractivity contribution is 8.25. The van der Waals surface area contributed by atoms with Crippen molar-refractivity contribution in [2.75, 3.05) is 11.5 Å². The molecule has 0 amide bonds. The zero-order valence-corrected chi connectivity index (χ0v) is 17.4. The van der Waals surface area contributed by atoms with Crippen LogP contribution in [-0.2, 0) is 14.4 Å². The van der Waals surface area contributed by atoms with Crippen LogP contribution in [0.5, 0.6) is 0 Å². The summed E-state index contributed by atoms with van der Waals surface area (Å²) in [6.07, 6.45) is 4.60. The zero-order valence-electron chi connectivity index (χ0n) is 15.8. The molecule has 0 atom stereocenters. The molecule has 1 aliphatic carbocycles. The van der Waals surface area contributed by atoms with Gasteiger partial charge in [0.1, 0.15) is 11.6 Å². The molecular weight excluding hydrogens is 352 g/mol. The SMILES string of the molecule is CC(C)(C)/C=C/C(=O)C(CC1C(=O)CC(C)(C)CC1=O)=C1SCCS1. The highest BCUT2D eigenvalue weighted by Crippen LogP contribution is 2.43. The fraction of sp³-hybridized carbons (Fsp3) is 0.650. The van der Waals surface area contributed by atoms with Crippen molar-refractivity contribution >= 4 is 40.9 Å². The number of rotatable bonds is 4. The molecule has 0 spiro atoms. The van der Waals surface area contributed by atoms with Gasteiger partial charge in [-0.3, -0.25) is 14.4 Å². The lowest BCUT2D eigenvalue weighted by atomic mass is 9.70. The molecule has 1 heterocycles. The Kier molecular flexibility index (Phi) is 6.42. The predicted octanol–water partition coefficient (Wildman–Crippen LogP) is 4.81. The molecular formula is C20H28O3S2. The van der Waals surface area contributed by atoms with E-state index in [4.69, 9.17) is 0 Å². The molecule has 3 nitrogen and oxygen atoms in total. The summed E-state index contributed by atoms with van der Waals surface area (Å²) in [6.45, 7) is 10.0. The number of carbonyl (C=O) groups excluding carboxylic acids is 3. The van der Waals surface area contributed by atoms with E-state index in [0.717, 1.165) is 15.7 Å². The molecule has 0 aromatic carbocycles. The Bertz CT molecular complexity index is 608. The third-order valence-corrected chi connectivity index (χ3v) is 7.12. The van der Waals surface area contributed by atoms with Crippen molar-refractivity contribution in [2.45, 2.75) is 53.9 Å². The molecule has 0 N–H and O–H groups in total. The topological polar surface area (TPSA) is 51.2 Å². The largest absolute Gasteiger partial charge is 0.299 e. The van der Waals surface area contributed by atoms with Gasteiger partial charge in [0.2, 0.25) is 0 Å². The zero-order chi connectivity index (χ0) is 18.8. The number of ketones is 3. The minimum Gasteiger partial charge on any atom is -0.299 e. The summed E-state index contributed by atoms with van der Waals surface area (Å²) in [7, 11) is 0. The van der Waals surface area contributed by atoms with Crippen LogP contribution in [0, 0.1) is 16.7 Å².